The van der Waals surface area contributed by atoms with Crippen LogP contribution in [-0.2, 0) is 9.53 Å². The molecule has 1 atom stereocenters. The topological polar surface area (TPSA) is 55.4 Å². The number of benzene rings is 1. The summed E-state index contributed by atoms with van der Waals surface area (Å²) in [6, 6.07) is 5.27. The second kappa shape index (κ2) is 8.48. The first-order valence-electron chi connectivity index (χ1n) is 9.38. The van der Waals surface area contributed by atoms with Gasteiger partial charge in [0.05, 0.1) is 37.5 Å². The fraction of sp³-hybridized carbons (Fsp3) is 0.600. The molecule has 1 aromatic carbocycles. The summed E-state index contributed by atoms with van der Waals surface area (Å²) in [4.78, 5) is 25.2. The smallest absolute Gasteiger partial charge is 0.340 e. The van der Waals surface area contributed by atoms with Gasteiger partial charge in [0.25, 0.3) is 5.91 Å². The number of likely N-dealkylation sites (N-methyl/N-ethyl adjacent to an activating group) is 1. The maximum absolute atomic E-state index is 13.0. The van der Waals surface area contributed by atoms with Crippen LogP contribution in [0.3, 0.4) is 0 Å². The number of quaternary nitrogens is 1. The number of hydrogen-bond donors (Lipinski definition) is 1. The number of aryl methyl sites for hydroxylation is 1. The van der Waals surface area contributed by atoms with Crippen LogP contribution in [0.4, 0.5) is 5.69 Å². The summed E-state index contributed by atoms with van der Waals surface area (Å²) < 4.78 is 5.95. The van der Waals surface area contributed by atoms with Crippen molar-refractivity contribution < 1.29 is 18.8 Å². The van der Waals surface area contributed by atoms with Gasteiger partial charge in [-0.25, -0.2) is 4.79 Å². The van der Waals surface area contributed by atoms with Gasteiger partial charge in [-0.1, -0.05) is 12.1 Å². The molecule has 1 N–H and O–H groups in total. The zero-order chi connectivity index (χ0) is 18.4. The fourth-order valence-electron chi connectivity index (χ4n) is 3.81. The Bertz CT molecular complexity index is 621. The van der Waals surface area contributed by atoms with E-state index < -0.39 is 5.97 Å². The molecule has 1 aliphatic rings. The molecule has 0 aromatic heterocycles. The van der Waals surface area contributed by atoms with Crippen molar-refractivity contribution in [2.24, 2.45) is 0 Å². The number of hydrogen-bond acceptors (Lipinski definition) is 3. The minimum absolute atomic E-state index is 0.0244. The van der Waals surface area contributed by atoms with Crippen LogP contribution >= 0.6 is 0 Å². The molecule has 1 fully saturated rings. The Labute approximate surface area is 150 Å². The van der Waals surface area contributed by atoms with Crippen LogP contribution in [0.2, 0.25) is 0 Å². The lowest BCUT2D eigenvalue weighted by atomic mass is 10.0. The molecule has 1 heterocycles. The molecular weight excluding hydrogens is 316 g/mol. The fourth-order valence-corrected chi connectivity index (χ4v) is 3.81. The lowest BCUT2D eigenvalue weighted by Crippen LogP contribution is -2.60. The average molecular weight is 347 g/mol. The number of carbonyl (C=O) groups excluding carboxylic acids is 2. The zero-order valence-corrected chi connectivity index (χ0v) is 15.9. The highest BCUT2D eigenvalue weighted by Gasteiger charge is 2.38. The largest absolute Gasteiger partial charge is 0.462 e. The molecule has 0 spiro atoms. The van der Waals surface area contributed by atoms with E-state index in [4.69, 9.17) is 4.74 Å². The molecule has 0 saturated carbocycles. The summed E-state index contributed by atoms with van der Waals surface area (Å²) in [5, 5.41) is 3.02. The predicted molar refractivity (Wildman–Crippen MR) is 99.6 cm³/mol. The van der Waals surface area contributed by atoms with Gasteiger partial charge in [-0.05, 0) is 58.6 Å². The van der Waals surface area contributed by atoms with E-state index in [2.05, 4.69) is 12.2 Å². The summed E-state index contributed by atoms with van der Waals surface area (Å²) in [5.41, 5.74) is 1.86. The molecule has 1 aliphatic heterocycles. The third-order valence-corrected chi connectivity index (χ3v) is 5.55. The minimum atomic E-state index is -0.397. The summed E-state index contributed by atoms with van der Waals surface area (Å²) in [6.45, 7) is 11.2. The Hall–Kier alpha value is -1.88. The first-order valence-corrected chi connectivity index (χ1v) is 9.38. The molecule has 2 rings (SSSR count). The molecule has 5 heteroatoms. The monoisotopic (exact) mass is 347 g/mol. The molecule has 25 heavy (non-hydrogen) atoms. The minimum Gasteiger partial charge on any atom is -0.462 e. The number of nitrogens with zero attached hydrogens (tertiary/aromatic N) is 1. The van der Waals surface area contributed by atoms with Crippen molar-refractivity contribution in [3.63, 3.8) is 0 Å². The summed E-state index contributed by atoms with van der Waals surface area (Å²) >= 11 is 0. The van der Waals surface area contributed by atoms with E-state index >= 15 is 0 Å². The van der Waals surface area contributed by atoms with Crippen LogP contribution in [0, 0.1) is 6.92 Å². The zero-order valence-electron chi connectivity index (χ0n) is 15.9. The van der Waals surface area contributed by atoms with Crippen LogP contribution in [0.15, 0.2) is 18.2 Å². The lowest BCUT2D eigenvalue weighted by Gasteiger charge is -2.44. The second-order valence-electron chi connectivity index (χ2n) is 6.93. The normalized spacial score (nSPS) is 17.6. The SMILES string of the molecule is CCOC(=O)c1cccc(C)c1NC(=O)C(C)[N+]1(CC)CCCCC1. The lowest BCUT2D eigenvalue weighted by molar-refractivity contribution is -0.943. The van der Waals surface area contributed by atoms with Crippen molar-refractivity contribution in [1.82, 2.24) is 0 Å². The van der Waals surface area contributed by atoms with Crippen molar-refractivity contribution in [3.05, 3.63) is 29.3 Å². The molecule has 1 unspecified atom stereocenters. The highest BCUT2D eigenvalue weighted by molar-refractivity contribution is 6.03. The number of anilines is 1. The van der Waals surface area contributed by atoms with Crippen LogP contribution in [0.5, 0.6) is 0 Å². The number of likely N-dealkylation sites (tertiary alicyclic amines) is 1. The molecule has 5 nitrogen and oxygen atoms in total. The number of amides is 1. The van der Waals surface area contributed by atoms with Gasteiger partial charge in [-0.3, -0.25) is 4.79 Å². The highest BCUT2D eigenvalue weighted by atomic mass is 16.5. The second-order valence-corrected chi connectivity index (χ2v) is 6.93. The number of nitrogens with one attached hydrogen (secondary N) is 1. The van der Waals surface area contributed by atoms with Crippen LogP contribution in [0.25, 0.3) is 0 Å². The molecule has 138 valence electrons. The van der Waals surface area contributed by atoms with Crippen molar-refractivity contribution in [1.29, 1.82) is 0 Å². The van der Waals surface area contributed by atoms with E-state index in [0.29, 0.717) is 17.9 Å². The quantitative estimate of drug-likeness (QED) is 0.633. The number of rotatable bonds is 6. The third kappa shape index (κ3) is 4.21. The van der Waals surface area contributed by atoms with Gasteiger partial charge >= 0.3 is 5.97 Å². The van der Waals surface area contributed by atoms with Gasteiger partial charge < -0.3 is 14.5 Å². The van der Waals surface area contributed by atoms with Crippen LogP contribution in [0.1, 0.15) is 56.0 Å². The van der Waals surface area contributed by atoms with Gasteiger partial charge in [0, 0.05) is 0 Å². The van der Waals surface area contributed by atoms with E-state index in [9.17, 15) is 9.59 Å². The predicted octanol–water partition coefficient (Wildman–Crippen LogP) is 3.52. The summed E-state index contributed by atoms with van der Waals surface area (Å²) in [5.74, 6) is -0.421. The molecule has 1 amide bonds. The van der Waals surface area contributed by atoms with Gasteiger partial charge in [-0.2, -0.15) is 0 Å². The Morgan fingerprint density at radius 1 is 1.20 bits per heavy atom. The summed E-state index contributed by atoms with van der Waals surface area (Å²) in [6.07, 6.45) is 3.59. The third-order valence-electron chi connectivity index (χ3n) is 5.55. The number of ether oxygens (including phenoxy) is 1. The van der Waals surface area contributed by atoms with Crippen molar-refractivity contribution in [2.45, 2.75) is 53.0 Å². The van der Waals surface area contributed by atoms with E-state index in [1.54, 1.807) is 13.0 Å². The van der Waals surface area contributed by atoms with Gasteiger partial charge in [0.1, 0.15) is 0 Å². The van der Waals surface area contributed by atoms with E-state index in [1.807, 2.05) is 26.0 Å². The Balaban J connectivity index is 2.23. The molecule has 0 bridgehead atoms. The van der Waals surface area contributed by atoms with Gasteiger partial charge in [-0.15, -0.1) is 0 Å². The van der Waals surface area contributed by atoms with Gasteiger partial charge in [0.15, 0.2) is 6.04 Å². The van der Waals surface area contributed by atoms with Crippen LogP contribution in [-0.4, -0.2) is 48.6 Å². The molecule has 0 radical (unpaired) electrons. The Morgan fingerprint density at radius 3 is 2.48 bits per heavy atom. The number of para-hydroxylation sites is 1. The van der Waals surface area contributed by atoms with Crippen molar-refractivity contribution in [2.75, 3.05) is 31.6 Å². The number of carbonyl (C=O) groups is 2. The molecule has 1 aromatic rings. The number of piperidine rings is 1. The Kier molecular flexibility index (Phi) is 6.59. The van der Waals surface area contributed by atoms with E-state index in [0.717, 1.165) is 29.7 Å². The van der Waals surface area contributed by atoms with Crippen molar-refractivity contribution >= 4 is 17.6 Å². The number of esters is 1. The highest BCUT2D eigenvalue weighted by Crippen LogP contribution is 2.26. The van der Waals surface area contributed by atoms with E-state index in [-0.39, 0.29) is 11.9 Å². The maximum atomic E-state index is 13.0. The first-order chi connectivity index (χ1) is 11.9. The Morgan fingerprint density at radius 2 is 1.88 bits per heavy atom. The summed E-state index contributed by atoms with van der Waals surface area (Å²) in [7, 11) is 0. The average Bonchev–Trinajstić information content (AvgIpc) is 2.63. The first kappa shape index (κ1) is 19.4. The van der Waals surface area contributed by atoms with Crippen LogP contribution < -0.4 is 5.32 Å². The van der Waals surface area contributed by atoms with E-state index in [1.165, 1.54) is 19.3 Å². The molecule has 1 saturated heterocycles. The van der Waals surface area contributed by atoms with Gasteiger partial charge in [0.2, 0.25) is 0 Å². The molecular formula is C20H31N2O3+. The standard InChI is InChI=1S/C20H30N2O3/c1-5-22(13-8-7-9-14-22)16(4)19(23)21-18-15(3)11-10-12-17(18)20(24)25-6-2/h10-12,16H,5-9,13-14H2,1-4H3/p+1. The maximum Gasteiger partial charge on any atom is 0.340 e. The van der Waals surface area contributed by atoms with Crippen molar-refractivity contribution in [3.8, 4) is 0 Å². The molecule has 0 aliphatic carbocycles.